The number of amides is 1. The van der Waals surface area contributed by atoms with E-state index in [2.05, 4.69) is 22.4 Å². The number of thioether (sulfide) groups is 1. The predicted octanol–water partition coefficient (Wildman–Crippen LogP) is 6.72. The lowest BCUT2D eigenvalue weighted by molar-refractivity contribution is -0.116. The molecule has 0 bridgehead atoms. The summed E-state index contributed by atoms with van der Waals surface area (Å²) in [4.78, 5) is 12.4. The van der Waals surface area contributed by atoms with Crippen molar-refractivity contribution in [1.29, 1.82) is 0 Å². The van der Waals surface area contributed by atoms with Crippen LogP contribution in [0.5, 0.6) is 0 Å². The molecule has 0 radical (unpaired) electrons. The van der Waals surface area contributed by atoms with Gasteiger partial charge in [-0.25, -0.2) is 0 Å². The standard InChI is InChI=1S/C26H25ClN4OS/c1-18-14-15-20(17-19(18)2)28-24(32)13-8-16-33-26-30-29-25(22-11-6-7-12-23(22)27)31(26)21-9-4-3-5-10-21/h3-7,9-12,14-15,17H,8,13,16H2,1-2H3,(H,28,32). The minimum atomic E-state index is 0.0140. The molecule has 168 valence electrons. The number of benzene rings is 3. The van der Waals surface area contributed by atoms with Gasteiger partial charge in [-0.3, -0.25) is 9.36 Å². The van der Waals surface area contributed by atoms with Crippen LogP contribution in [-0.4, -0.2) is 26.4 Å². The summed E-state index contributed by atoms with van der Waals surface area (Å²) in [6, 6.07) is 23.6. The Kier molecular flexibility index (Phi) is 7.47. The zero-order valence-electron chi connectivity index (χ0n) is 18.6. The van der Waals surface area contributed by atoms with Gasteiger partial charge in [0.15, 0.2) is 11.0 Å². The molecule has 0 aliphatic carbocycles. The zero-order valence-corrected chi connectivity index (χ0v) is 20.2. The molecule has 1 aromatic heterocycles. The number of carbonyl (C=O) groups is 1. The van der Waals surface area contributed by atoms with Crippen LogP contribution in [0.25, 0.3) is 17.1 Å². The third-order valence-electron chi connectivity index (χ3n) is 5.33. The molecule has 3 aromatic carbocycles. The SMILES string of the molecule is Cc1ccc(NC(=O)CCCSc2nnc(-c3ccccc3Cl)n2-c2ccccc2)cc1C. The molecule has 7 heteroatoms. The Morgan fingerprint density at radius 1 is 0.970 bits per heavy atom. The van der Waals surface area contributed by atoms with Gasteiger partial charge in [0.25, 0.3) is 0 Å². The molecule has 4 aromatic rings. The van der Waals surface area contributed by atoms with E-state index >= 15 is 0 Å². The number of aryl methyl sites for hydroxylation is 2. The molecule has 0 unspecified atom stereocenters. The van der Waals surface area contributed by atoms with Crippen molar-refractivity contribution in [2.75, 3.05) is 11.1 Å². The van der Waals surface area contributed by atoms with Crippen molar-refractivity contribution >= 4 is 35.0 Å². The lowest BCUT2D eigenvalue weighted by atomic mass is 10.1. The number of anilines is 1. The molecule has 0 saturated carbocycles. The quantitative estimate of drug-likeness (QED) is 0.226. The Bertz CT molecular complexity index is 1260. The fourth-order valence-electron chi connectivity index (χ4n) is 3.43. The average molecular weight is 477 g/mol. The van der Waals surface area contributed by atoms with Crippen LogP contribution in [0.4, 0.5) is 5.69 Å². The largest absolute Gasteiger partial charge is 0.326 e. The topological polar surface area (TPSA) is 59.8 Å². The second-order valence-corrected chi connectivity index (χ2v) is 9.23. The molecule has 1 N–H and O–H groups in total. The van der Waals surface area contributed by atoms with Crippen molar-refractivity contribution < 1.29 is 4.79 Å². The summed E-state index contributed by atoms with van der Waals surface area (Å²) in [5.74, 6) is 1.45. The van der Waals surface area contributed by atoms with Gasteiger partial charge in [0.2, 0.25) is 5.91 Å². The summed E-state index contributed by atoms with van der Waals surface area (Å²) in [5, 5.41) is 13.2. The second-order valence-electron chi connectivity index (χ2n) is 7.76. The summed E-state index contributed by atoms with van der Waals surface area (Å²) in [6.07, 6.45) is 1.17. The van der Waals surface area contributed by atoms with Gasteiger partial charge in [-0.05, 0) is 67.8 Å². The maximum Gasteiger partial charge on any atom is 0.224 e. The first-order chi connectivity index (χ1) is 16.0. The zero-order chi connectivity index (χ0) is 23.2. The van der Waals surface area contributed by atoms with Gasteiger partial charge < -0.3 is 5.32 Å². The number of hydrogen-bond acceptors (Lipinski definition) is 4. The predicted molar refractivity (Wildman–Crippen MR) is 136 cm³/mol. The van der Waals surface area contributed by atoms with E-state index in [9.17, 15) is 4.79 Å². The van der Waals surface area contributed by atoms with Crippen LogP contribution >= 0.6 is 23.4 Å². The number of carbonyl (C=O) groups excluding carboxylic acids is 1. The van der Waals surface area contributed by atoms with Crippen LogP contribution in [0.1, 0.15) is 24.0 Å². The van der Waals surface area contributed by atoms with E-state index in [4.69, 9.17) is 11.6 Å². The van der Waals surface area contributed by atoms with E-state index in [1.54, 1.807) is 11.8 Å². The van der Waals surface area contributed by atoms with Crippen molar-refractivity contribution in [2.24, 2.45) is 0 Å². The van der Waals surface area contributed by atoms with Crippen molar-refractivity contribution in [3.63, 3.8) is 0 Å². The summed E-state index contributed by atoms with van der Waals surface area (Å²) < 4.78 is 2.01. The lowest BCUT2D eigenvalue weighted by Gasteiger charge is -2.11. The summed E-state index contributed by atoms with van der Waals surface area (Å²) in [5.41, 5.74) is 5.01. The number of hydrogen-bond donors (Lipinski definition) is 1. The maximum atomic E-state index is 12.4. The average Bonchev–Trinajstić information content (AvgIpc) is 3.23. The first kappa shape index (κ1) is 23.1. The fourth-order valence-corrected chi connectivity index (χ4v) is 4.54. The number of nitrogens with zero attached hydrogens (tertiary/aromatic N) is 3. The Hall–Kier alpha value is -3.09. The van der Waals surface area contributed by atoms with Crippen molar-refractivity contribution in [3.8, 4) is 17.1 Å². The molecule has 4 rings (SSSR count). The minimum absolute atomic E-state index is 0.0140. The molecule has 0 aliphatic rings. The van der Waals surface area contributed by atoms with Gasteiger partial charge in [-0.1, -0.05) is 59.8 Å². The smallest absolute Gasteiger partial charge is 0.224 e. The fraction of sp³-hybridized carbons (Fsp3) is 0.192. The number of nitrogens with one attached hydrogen (secondary N) is 1. The molecular formula is C26H25ClN4OS. The highest BCUT2D eigenvalue weighted by Gasteiger charge is 2.18. The van der Waals surface area contributed by atoms with Crippen LogP contribution in [0.15, 0.2) is 78.0 Å². The highest BCUT2D eigenvalue weighted by Crippen LogP contribution is 2.32. The second kappa shape index (κ2) is 10.7. The highest BCUT2D eigenvalue weighted by atomic mass is 35.5. The summed E-state index contributed by atoms with van der Waals surface area (Å²) in [7, 11) is 0. The Morgan fingerprint density at radius 2 is 1.73 bits per heavy atom. The molecule has 0 aliphatic heterocycles. The third kappa shape index (κ3) is 5.64. The maximum absolute atomic E-state index is 12.4. The molecule has 1 heterocycles. The van der Waals surface area contributed by atoms with Gasteiger partial charge in [-0.15, -0.1) is 10.2 Å². The van der Waals surface area contributed by atoms with Gasteiger partial charge in [0.1, 0.15) is 0 Å². The van der Waals surface area contributed by atoms with Crippen molar-refractivity contribution in [3.05, 3.63) is 88.9 Å². The monoisotopic (exact) mass is 476 g/mol. The normalized spacial score (nSPS) is 10.9. The van der Waals surface area contributed by atoms with Crippen LogP contribution in [0, 0.1) is 13.8 Å². The summed E-state index contributed by atoms with van der Waals surface area (Å²) >= 11 is 8.02. The van der Waals surface area contributed by atoms with Crippen LogP contribution < -0.4 is 5.32 Å². The Labute approximate surface area is 203 Å². The van der Waals surface area contributed by atoms with E-state index in [1.807, 2.05) is 84.3 Å². The van der Waals surface area contributed by atoms with E-state index in [0.29, 0.717) is 17.3 Å². The van der Waals surface area contributed by atoms with E-state index in [1.165, 1.54) is 5.56 Å². The van der Waals surface area contributed by atoms with Gasteiger partial charge in [-0.2, -0.15) is 0 Å². The molecule has 0 saturated heterocycles. The molecular weight excluding hydrogens is 452 g/mol. The van der Waals surface area contributed by atoms with Crippen LogP contribution in [0.2, 0.25) is 5.02 Å². The molecule has 1 amide bonds. The number of rotatable bonds is 8. The number of aromatic nitrogens is 3. The minimum Gasteiger partial charge on any atom is -0.326 e. The van der Waals surface area contributed by atoms with E-state index < -0.39 is 0 Å². The molecule has 0 spiro atoms. The first-order valence-electron chi connectivity index (χ1n) is 10.8. The first-order valence-corrected chi connectivity index (χ1v) is 12.1. The highest BCUT2D eigenvalue weighted by molar-refractivity contribution is 7.99. The van der Waals surface area contributed by atoms with Gasteiger partial charge in [0, 0.05) is 29.1 Å². The molecule has 33 heavy (non-hydrogen) atoms. The summed E-state index contributed by atoms with van der Waals surface area (Å²) in [6.45, 7) is 4.10. The lowest BCUT2D eigenvalue weighted by Crippen LogP contribution is -2.11. The Morgan fingerprint density at radius 3 is 2.48 bits per heavy atom. The van der Waals surface area contributed by atoms with E-state index in [-0.39, 0.29) is 5.91 Å². The van der Waals surface area contributed by atoms with E-state index in [0.717, 1.165) is 39.8 Å². The van der Waals surface area contributed by atoms with Gasteiger partial charge >= 0.3 is 0 Å². The van der Waals surface area contributed by atoms with Gasteiger partial charge in [0.05, 0.1) is 5.02 Å². The number of para-hydroxylation sites is 1. The molecule has 5 nitrogen and oxygen atoms in total. The van der Waals surface area contributed by atoms with Crippen molar-refractivity contribution in [1.82, 2.24) is 14.8 Å². The Balaban J connectivity index is 1.43. The third-order valence-corrected chi connectivity index (χ3v) is 6.68. The molecule has 0 fully saturated rings. The van der Waals surface area contributed by atoms with Crippen molar-refractivity contribution in [2.45, 2.75) is 31.8 Å². The van der Waals surface area contributed by atoms with Crippen LogP contribution in [-0.2, 0) is 4.79 Å². The number of halogens is 1. The van der Waals surface area contributed by atoms with Crippen LogP contribution in [0.3, 0.4) is 0 Å². The molecule has 0 atom stereocenters.